The maximum absolute atomic E-state index is 14.5. The number of carboxylic acids is 2. The minimum atomic E-state index is -1.82. The van der Waals surface area contributed by atoms with Crippen LogP contribution in [-0.4, -0.2) is 32.1 Å². The fourth-order valence-electron chi connectivity index (χ4n) is 2.92. The van der Waals surface area contributed by atoms with Crippen molar-refractivity contribution < 1.29 is 28.9 Å². The van der Waals surface area contributed by atoms with E-state index in [1.165, 1.54) is 6.07 Å². The number of aromatic nitrogens is 2. The topological polar surface area (TPSA) is 116 Å². The van der Waals surface area contributed by atoms with Gasteiger partial charge < -0.3 is 19.9 Å². The number of H-pyrrole nitrogens is 1. The first-order chi connectivity index (χ1) is 13.8. The van der Waals surface area contributed by atoms with Crippen LogP contribution in [0.2, 0.25) is 10.0 Å². The lowest BCUT2D eigenvalue weighted by atomic mass is 9.87. The molecule has 0 bridgehead atoms. The van der Waals surface area contributed by atoms with Crippen molar-refractivity contribution >= 4 is 35.1 Å². The van der Waals surface area contributed by atoms with Crippen LogP contribution in [0.25, 0.3) is 0 Å². The van der Waals surface area contributed by atoms with Crippen LogP contribution in [0.5, 0.6) is 0 Å². The Bertz CT molecular complexity index is 1010. The highest BCUT2D eigenvalue weighted by atomic mass is 35.5. The van der Waals surface area contributed by atoms with Gasteiger partial charge in [0.25, 0.3) is 0 Å². The molecule has 10 heteroatoms. The molecule has 1 aromatic heterocycles. The molecular formula is C19H13Cl2FN2O5. The quantitative estimate of drug-likeness (QED) is 0.419. The zero-order chi connectivity index (χ0) is 21.2. The number of epoxide rings is 1. The van der Waals surface area contributed by atoms with Crippen molar-refractivity contribution in [3.63, 3.8) is 0 Å². The van der Waals surface area contributed by atoms with E-state index >= 15 is 0 Å². The molecule has 0 saturated carbocycles. The van der Waals surface area contributed by atoms with Crippen LogP contribution in [-0.2, 0) is 19.9 Å². The highest BCUT2D eigenvalue weighted by Gasteiger charge is 2.63. The summed E-state index contributed by atoms with van der Waals surface area (Å²) in [6.07, 6.45) is 2.90. The van der Waals surface area contributed by atoms with Crippen LogP contribution in [0.1, 0.15) is 23.1 Å². The number of ether oxygens (including phenoxy) is 1. The summed E-state index contributed by atoms with van der Waals surface area (Å²) in [6.45, 7) is 0. The molecule has 7 nitrogen and oxygen atoms in total. The van der Waals surface area contributed by atoms with Crippen LogP contribution in [0.15, 0.2) is 54.9 Å². The predicted octanol–water partition coefficient (Wildman–Crippen LogP) is 4.03. The lowest BCUT2D eigenvalue weighted by molar-refractivity contribution is -0.159. The summed E-state index contributed by atoms with van der Waals surface area (Å²) in [7, 11) is 0. The Balaban J connectivity index is 0.000000353. The number of carboxylic acid groups (broad SMARTS) is 2. The second-order valence-corrected chi connectivity index (χ2v) is 6.77. The Morgan fingerprint density at radius 3 is 2.28 bits per heavy atom. The molecule has 1 saturated heterocycles. The molecule has 3 N–H and O–H groups in total. The van der Waals surface area contributed by atoms with Gasteiger partial charge in [0.05, 0.1) is 5.02 Å². The molecule has 3 aromatic rings. The Kier molecular flexibility index (Phi) is 5.88. The highest BCUT2D eigenvalue weighted by molar-refractivity contribution is 6.31. The molecule has 0 amide bonds. The van der Waals surface area contributed by atoms with Crippen LogP contribution in [0.4, 0.5) is 4.39 Å². The van der Waals surface area contributed by atoms with Crippen molar-refractivity contribution in [1.29, 1.82) is 0 Å². The summed E-state index contributed by atoms with van der Waals surface area (Å²) >= 11 is 12.3. The molecule has 2 heterocycles. The third-order valence-corrected chi connectivity index (χ3v) is 4.74. The second kappa shape index (κ2) is 8.20. The molecular weight excluding hydrogens is 426 g/mol. The summed E-state index contributed by atoms with van der Waals surface area (Å²) in [6, 6.07) is 11.7. The predicted molar refractivity (Wildman–Crippen MR) is 101 cm³/mol. The molecule has 1 fully saturated rings. The molecule has 1 aliphatic heterocycles. The highest BCUT2D eigenvalue weighted by Crippen LogP contribution is 2.62. The van der Waals surface area contributed by atoms with E-state index in [0.717, 1.165) is 5.56 Å². The number of rotatable bonds is 3. The first-order valence-electron chi connectivity index (χ1n) is 8.11. The third kappa shape index (κ3) is 4.09. The fraction of sp³-hybridized carbons (Fsp3) is 0.105. The first kappa shape index (κ1) is 20.8. The summed E-state index contributed by atoms with van der Waals surface area (Å²) in [5, 5.41) is 15.7. The van der Waals surface area contributed by atoms with Gasteiger partial charge in [-0.05, 0) is 29.8 Å². The summed E-state index contributed by atoms with van der Waals surface area (Å²) in [5.41, 5.74) is 0.0749. The van der Waals surface area contributed by atoms with Gasteiger partial charge in [-0.3, -0.25) is 0 Å². The van der Waals surface area contributed by atoms with Gasteiger partial charge in [0.1, 0.15) is 11.6 Å². The van der Waals surface area contributed by atoms with Crippen molar-refractivity contribution in [1.82, 2.24) is 9.97 Å². The van der Waals surface area contributed by atoms with Gasteiger partial charge in [-0.2, -0.15) is 0 Å². The van der Waals surface area contributed by atoms with E-state index in [1.807, 2.05) is 12.1 Å². The zero-order valence-corrected chi connectivity index (χ0v) is 16.0. The van der Waals surface area contributed by atoms with Crippen LogP contribution in [0.3, 0.4) is 0 Å². The Labute approximate surface area is 173 Å². The van der Waals surface area contributed by atoms with E-state index in [0.29, 0.717) is 21.4 Å². The van der Waals surface area contributed by atoms with E-state index in [4.69, 9.17) is 47.7 Å². The molecule has 2 atom stereocenters. The number of hydrogen-bond acceptors (Lipinski definition) is 4. The average molecular weight is 439 g/mol. The summed E-state index contributed by atoms with van der Waals surface area (Å²) in [4.78, 5) is 25.4. The Hall–Kier alpha value is -2.94. The van der Waals surface area contributed by atoms with E-state index in [-0.39, 0.29) is 0 Å². The second-order valence-electron chi connectivity index (χ2n) is 5.92. The minimum absolute atomic E-state index is 0.311. The van der Waals surface area contributed by atoms with Crippen molar-refractivity contribution in [2.75, 3.05) is 0 Å². The SMILES string of the molecule is Fc1cccc(Cl)c1C1(c2ccc(Cl)cc2)OC1c1ncc[nH]1.O=C(O)C(=O)O. The monoisotopic (exact) mass is 438 g/mol. The molecule has 2 aromatic carbocycles. The number of hydrogen-bond donors (Lipinski definition) is 3. The van der Waals surface area contributed by atoms with Crippen LogP contribution >= 0.6 is 23.2 Å². The lowest BCUT2D eigenvalue weighted by Gasteiger charge is -2.16. The normalized spacial score (nSPS) is 19.8. The van der Waals surface area contributed by atoms with Gasteiger partial charge in [0.2, 0.25) is 0 Å². The minimum Gasteiger partial charge on any atom is -0.473 e. The van der Waals surface area contributed by atoms with Gasteiger partial charge in [-0.1, -0.05) is 41.4 Å². The fourth-order valence-corrected chi connectivity index (χ4v) is 3.35. The number of carbonyl (C=O) groups is 2. The van der Waals surface area contributed by atoms with Gasteiger partial charge in [-0.25, -0.2) is 19.0 Å². The third-order valence-electron chi connectivity index (χ3n) is 4.17. The average Bonchev–Trinajstić information content (AvgIpc) is 3.16. The largest absolute Gasteiger partial charge is 0.473 e. The van der Waals surface area contributed by atoms with Crippen LogP contribution < -0.4 is 0 Å². The Morgan fingerprint density at radius 2 is 1.76 bits per heavy atom. The smallest absolute Gasteiger partial charge is 0.414 e. The van der Waals surface area contributed by atoms with Gasteiger partial charge in [-0.15, -0.1) is 0 Å². The summed E-state index contributed by atoms with van der Waals surface area (Å²) in [5.74, 6) is -3.44. The number of benzene rings is 2. The van der Waals surface area contributed by atoms with Crippen LogP contribution in [0, 0.1) is 5.82 Å². The van der Waals surface area contributed by atoms with Crippen molar-refractivity contribution in [3.8, 4) is 0 Å². The summed E-state index contributed by atoms with van der Waals surface area (Å²) < 4.78 is 20.5. The standard InChI is InChI=1S/C17H11Cl2FN2O.C2H2O4/c18-11-6-4-10(5-7-11)17(14-12(19)2-1-3-13(14)20)15(23-17)16-21-8-9-22-16;3-1(4)2(5)6/h1-9,15H,(H,21,22);(H,3,4)(H,5,6). The molecule has 4 rings (SSSR count). The number of aromatic amines is 1. The molecule has 1 aliphatic rings. The molecule has 29 heavy (non-hydrogen) atoms. The molecule has 2 unspecified atom stereocenters. The van der Waals surface area contributed by atoms with Gasteiger partial charge in [0, 0.05) is 23.0 Å². The number of nitrogens with zero attached hydrogens (tertiary/aromatic N) is 1. The number of aliphatic carboxylic acids is 2. The zero-order valence-electron chi connectivity index (χ0n) is 14.5. The maximum Gasteiger partial charge on any atom is 0.414 e. The van der Waals surface area contributed by atoms with E-state index in [1.54, 1.807) is 36.7 Å². The maximum atomic E-state index is 14.5. The van der Waals surface area contributed by atoms with E-state index < -0.39 is 29.5 Å². The van der Waals surface area contributed by atoms with Gasteiger partial charge >= 0.3 is 11.9 Å². The van der Waals surface area contributed by atoms with E-state index in [2.05, 4.69) is 9.97 Å². The molecule has 150 valence electrons. The molecule has 0 aliphatic carbocycles. The van der Waals surface area contributed by atoms with E-state index in [9.17, 15) is 4.39 Å². The molecule has 0 spiro atoms. The Morgan fingerprint density at radius 1 is 1.10 bits per heavy atom. The first-order valence-corrected chi connectivity index (χ1v) is 8.86. The van der Waals surface area contributed by atoms with Gasteiger partial charge in [0.15, 0.2) is 11.7 Å². The molecule has 0 radical (unpaired) electrons. The van der Waals surface area contributed by atoms with Crippen molar-refractivity contribution in [2.45, 2.75) is 11.7 Å². The lowest BCUT2D eigenvalue weighted by Crippen LogP contribution is -2.15. The number of nitrogens with one attached hydrogen (secondary N) is 1. The number of imidazole rings is 1. The number of halogens is 3. The van der Waals surface area contributed by atoms with Crippen molar-refractivity contribution in [2.24, 2.45) is 0 Å². The van der Waals surface area contributed by atoms with Crippen molar-refractivity contribution in [3.05, 3.63) is 87.7 Å².